The zero-order valence-electron chi connectivity index (χ0n) is 10.9. The Morgan fingerprint density at radius 1 is 1.44 bits per heavy atom. The number of rotatable bonds is 0. The van der Waals surface area contributed by atoms with E-state index in [0.717, 1.165) is 11.1 Å². The molecule has 0 aromatic carbocycles. The first-order chi connectivity index (χ1) is 8.37. The van der Waals surface area contributed by atoms with E-state index in [2.05, 4.69) is 4.98 Å². The van der Waals surface area contributed by atoms with Crippen LogP contribution in [0.4, 0.5) is 4.79 Å². The predicted octanol–water partition coefficient (Wildman–Crippen LogP) is 2.08. The zero-order valence-corrected chi connectivity index (χ0v) is 10.9. The number of nitrogens with zero attached hydrogens (tertiary/aromatic N) is 2. The van der Waals surface area contributed by atoms with E-state index in [4.69, 9.17) is 4.74 Å². The molecule has 98 valence electrons. The van der Waals surface area contributed by atoms with Crippen LogP contribution in [0.1, 0.15) is 31.9 Å². The molecular weight excluding hydrogens is 232 g/mol. The number of aromatic hydroxyl groups is 1. The molecule has 1 amide bonds. The van der Waals surface area contributed by atoms with Crippen molar-refractivity contribution >= 4 is 6.09 Å². The number of fused-ring (bicyclic) bond motifs is 1. The largest absolute Gasteiger partial charge is 0.506 e. The second-order valence-electron chi connectivity index (χ2n) is 5.45. The van der Waals surface area contributed by atoms with Crippen molar-refractivity contribution in [3.63, 3.8) is 0 Å². The summed E-state index contributed by atoms with van der Waals surface area (Å²) in [5.41, 5.74) is 1.26. The average Bonchev–Trinajstić information content (AvgIpc) is 2.27. The number of amides is 1. The molecule has 1 N–H and O–H groups in total. The minimum absolute atomic E-state index is 0.140. The van der Waals surface area contributed by atoms with E-state index >= 15 is 0 Å². The summed E-state index contributed by atoms with van der Waals surface area (Å²) in [6.07, 6.45) is 3.49. The third-order valence-corrected chi connectivity index (χ3v) is 2.78. The molecule has 18 heavy (non-hydrogen) atoms. The van der Waals surface area contributed by atoms with Gasteiger partial charge in [-0.25, -0.2) is 4.79 Å². The van der Waals surface area contributed by atoms with Gasteiger partial charge in [0, 0.05) is 18.3 Å². The fourth-order valence-electron chi connectivity index (χ4n) is 1.92. The van der Waals surface area contributed by atoms with E-state index in [9.17, 15) is 9.90 Å². The van der Waals surface area contributed by atoms with E-state index in [1.54, 1.807) is 11.1 Å². The van der Waals surface area contributed by atoms with Crippen molar-refractivity contribution in [3.05, 3.63) is 23.5 Å². The molecule has 0 fully saturated rings. The van der Waals surface area contributed by atoms with Crippen LogP contribution in [0, 0.1) is 0 Å². The van der Waals surface area contributed by atoms with Crippen molar-refractivity contribution in [1.82, 2.24) is 9.88 Å². The van der Waals surface area contributed by atoms with Crippen LogP contribution in [-0.2, 0) is 17.7 Å². The summed E-state index contributed by atoms with van der Waals surface area (Å²) >= 11 is 0. The van der Waals surface area contributed by atoms with Gasteiger partial charge in [-0.2, -0.15) is 0 Å². The number of pyridine rings is 1. The Kier molecular flexibility index (Phi) is 3.15. The highest BCUT2D eigenvalue weighted by molar-refractivity contribution is 5.69. The molecule has 0 saturated carbocycles. The third-order valence-electron chi connectivity index (χ3n) is 2.78. The van der Waals surface area contributed by atoms with Crippen molar-refractivity contribution in [2.45, 2.75) is 39.3 Å². The van der Waals surface area contributed by atoms with Gasteiger partial charge in [0.25, 0.3) is 0 Å². The van der Waals surface area contributed by atoms with E-state index in [-0.39, 0.29) is 11.8 Å². The number of hydrogen-bond acceptors (Lipinski definition) is 4. The maximum atomic E-state index is 11.9. The molecule has 5 nitrogen and oxygen atoms in total. The molecule has 1 aliphatic rings. The van der Waals surface area contributed by atoms with E-state index in [0.29, 0.717) is 19.5 Å². The number of ether oxygens (including phenoxy) is 1. The van der Waals surface area contributed by atoms with Gasteiger partial charge in [0.05, 0.1) is 12.7 Å². The van der Waals surface area contributed by atoms with Crippen LogP contribution in [0.2, 0.25) is 0 Å². The fourth-order valence-corrected chi connectivity index (χ4v) is 1.92. The van der Waals surface area contributed by atoms with Gasteiger partial charge in [0.1, 0.15) is 11.4 Å². The van der Waals surface area contributed by atoms with Gasteiger partial charge in [-0.15, -0.1) is 0 Å². The van der Waals surface area contributed by atoms with Crippen LogP contribution in [0.25, 0.3) is 0 Å². The summed E-state index contributed by atoms with van der Waals surface area (Å²) in [6, 6.07) is 0. The highest BCUT2D eigenvalue weighted by Gasteiger charge is 2.27. The summed E-state index contributed by atoms with van der Waals surface area (Å²) in [6.45, 7) is 6.48. The van der Waals surface area contributed by atoms with Gasteiger partial charge in [-0.3, -0.25) is 4.98 Å². The van der Waals surface area contributed by atoms with E-state index in [1.165, 1.54) is 6.20 Å². The number of carbonyl (C=O) groups is 1. The van der Waals surface area contributed by atoms with Gasteiger partial charge in [0.15, 0.2) is 0 Å². The van der Waals surface area contributed by atoms with Crippen LogP contribution in [0.3, 0.4) is 0 Å². The van der Waals surface area contributed by atoms with Crippen LogP contribution in [0.5, 0.6) is 5.75 Å². The number of hydrogen-bond donors (Lipinski definition) is 1. The van der Waals surface area contributed by atoms with E-state index in [1.807, 2.05) is 20.8 Å². The molecule has 0 radical (unpaired) electrons. The maximum absolute atomic E-state index is 11.9. The van der Waals surface area contributed by atoms with Crippen molar-refractivity contribution in [1.29, 1.82) is 0 Å². The molecule has 2 rings (SSSR count). The van der Waals surface area contributed by atoms with Crippen LogP contribution < -0.4 is 0 Å². The summed E-state index contributed by atoms with van der Waals surface area (Å²) < 4.78 is 5.32. The van der Waals surface area contributed by atoms with Crippen molar-refractivity contribution in [3.8, 4) is 5.75 Å². The Bertz CT molecular complexity index is 466. The minimum atomic E-state index is -0.502. The highest BCUT2D eigenvalue weighted by Crippen LogP contribution is 2.26. The highest BCUT2D eigenvalue weighted by atomic mass is 16.6. The predicted molar refractivity (Wildman–Crippen MR) is 66.2 cm³/mol. The molecule has 0 atom stereocenters. The van der Waals surface area contributed by atoms with Crippen molar-refractivity contribution in [2.75, 3.05) is 6.54 Å². The maximum Gasteiger partial charge on any atom is 0.410 e. The normalized spacial score (nSPS) is 15.2. The smallest absolute Gasteiger partial charge is 0.410 e. The summed E-state index contributed by atoms with van der Waals surface area (Å²) in [4.78, 5) is 17.5. The monoisotopic (exact) mass is 250 g/mol. The second kappa shape index (κ2) is 4.48. The zero-order chi connectivity index (χ0) is 13.3. The van der Waals surface area contributed by atoms with Crippen LogP contribution >= 0.6 is 0 Å². The van der Waals surface area contributed by atoms with Gasteiger partial charge in [-0.1, -0.05) is 0 Å². The minimum Gasteiger partial charge on any atom is -0.506 e. The number of carbonyl (C=O) groups excluding carboxylic acids is 1. The van der Waals surface area contributed by atoms with Gasteiger partial charge in [-0.05, 0) is 32.8 Å². The molecule has 0 unspecified atom stereocenters. The number of aromatic nitrogens is 1. The first-order valence-electron chi connectivity index (χ1n) is 5.99. The summed E-state index contributed by atoms with van der Waals surface area (Å²) in [5.74, 6) is 0.140. The molecule has 2 heterocycles. The Morgan fingerprint density at radius 2 is 2.17 bits per heavy atom. The lowest BCUT2D eigenvalue weighted by atomic mass is 10.0. The molecule has 1 aromatic heterocycles. The van der Waals surface area contributed by atoms with Crippen molar-refractivity contribution < 1.29 is 14.6 Å². The van der Waals surface area contributed by atoms with Crippen molar-refractivity contribution in [2.24, 2.45) is 0 Å². The molecule has 0 bridgehead atoms. The summed E-state index contributed by atoms with van der Waals surface area (Å²) in [5, 5.41) is 9.75. The third kappa shape index (κ3) is 2.72. The van der Waals surface area contributed by atoms with Gasteiger partial charge < -0.3 is 14.7 Å². The lowest BCUT2D eigenvalue weighted by Crippen LogP contribution is -2.39. The molecule has 1 aliphatic heterocycles. The van der Waals surface area contributed by atoms with Gasteiger partial charge >= 0.3 is 6.09 Å². The Balaban J connectivity index is 2.12. The summed E-state index contributed by atoms with van der Waals surface area (Å²) in [7, 11) is 0. The first kappa shape index (κ1) is 12.7. The van der Waals surface area contributed by atoms with Crippen LogP contribution in [0.15, 0.2) is 12.4 Å². The Morgan fingerprint density at radius 3 is 2.83 bits per heavy atom. The standard InChI is InChI=1S/C13H18N2O3/c1-13(2,3)18-12(17)15-5-4-9-6-14-7-11(16)10(9)8-15/h6-7,16H,4-5,8H2,1-3H3. The van der Waals surface area contributed by atoms with Gasteiger partial charge in [0.2, 0.25) is 0 Å². The lowest BCUT2D eigenvalue weighted by molar-refractivity contribution is 0.0222. The Labute approximate surface area is 106 Å². The lowest BCUT2D eigenvalue weighted by Gasteiger charge is -2.31. The molecule has 0 spiro atoms. The molecule has 5 heteroatoms. The van der Waals surface area contributed by atoms with E-state index < -0.39 is 5.60 Å². The SMILES string of the molecule is CC(C)(C)OC(=O)N1CCc2cncc(O)c2C1. The first-order valence-corrected chi connectivity index (χ1v) is 5.99. The molecular formula is C13H18N2O3. The molecule has 1 aromatic rings. The fraction of sp³-hybridized carbons (Fsp3) is 0.538. The average molecular weight is 250 g/mol. The topological polar surface area (TPSA) is 62.7 Å². The molecule has 0 aliphatic carbocycles. The Hall–Kier alpha value is -1.78. The van der Waals surface area contributed by atoms with Crippen LogP contribution in [-0.4, -0.2) is 33.2 Å². The molecule has 0 saturated heterocycles. The second-order valence-corrected chi connectivity index (χ2v) is 5.45. The quantitative estimate of drug-likeness (QED) is 0.765.